The number of carbonyl (C=O) groups excluding carboxylic acids is 2. The molecule has 0 fully saturated rings. The molecule has 4 N–H and O–H groups in total. The van der Waals surface area contributed by atoms with E-state index in [-0.39, 0.29) is 50.3 Å². The van der Waals surface area contributed by atoms with Crippen molar-refractivity contribution in [2.24, 2.45) is 0 Å². The molecule has 0 radical (unpaired) electrons. The summed E-state index contributed by atoms with van der Waals surface area (Å²) >= 11 is 3.57. The van der Waals surface area contributed by atoms with Crippen molar-refractivity contribution in [1.82, 2.24) is 0 Å². The van der Waals surface area contributed by atoms with Crippen molar-refractivity contribution in [3.63, 3.8) is 0 Å². The lowest BCUT2D eigenvalue weighted by Gasteiger charge is -2.20. The Hall–Kier alpha value is -4.58. The van der Waals surface area contributed by atoms with Gasteiger partial charge in [-0.3, -0.25) is 0 Å². The van der Waals surface area contributed by atoms with Crippen LogP contribution in [0.1, 0.15) is 59.5 Å². The lowest BCUT2D eigenvalue weighted by Crippen LogP contribution is -2.32. The monoisotopic (exact) mass is 710 g/mol. The Morgan fingerprint density at radius 1 is 0.574 bits per heavy atom. The van der Waals surface area contributed by atoms with Crippen molar-refractivity contribution in [1.29, 1.82) is 0 Å². The summed E-state index contributed by atoms with van der Waals surface area (Å²) in [7, 11) is 0. The van der Waals surface area contributed by atoms with Gasteiger partial charge in [0.25, 0.3) is 0 Å². The van der Waals surface area contributed by atoms with E-state index in [0.717, 1.165) is 47.0 Å². The molecule has 4 aliphatic heterocycles. The van der Waals surface area contributed by atoms with E-state index in [9.17, 15) is 40.2 Å². The number of ether oxygens (including phenoxy) is 4. The summed E-state index contributed by atoms with van der Waals surface area (Å²) in [6.07, 6.45) is 7.02. The second kappa shape index (κ2) is 11.0. The first-order chi connectivity index (χ1) is 22.1. The highest BCUT2D eigenvalue weighted by Crippen LogP contribution is 2.67. The van der Waals surface area contributed by atoms with Crippen LogP contribution < -0.4 is 29.2 Å². The average molecular weight is 711 g/mol. The summed E-state index contributed by atoms with van der Waals surface area (Å²) in [5.41, 5.74) is -0.0278. The molecule has 16 heteroatoms. The van der Waals surface area contributed by atoms with E-state index in [0.29, 0.717) is 15.4 Å². The van der Waals surface area contributed by atoms with E-state index >= 15 is 0 Å². The van der Waals surface area contributed by atoms with Crippen LogP contribution in [0.2, 0.25) is 0 Å². The highest BCUT2D eigenvalue weighted by Gasteiger charge is 2.50. The Balaban J connectivity index is 1.68. The second-order valence-electron chi connectivity index (χ2n) is 10.9. The number of aliphatic hydroxyl groups is 4. The zero-order valence-corrected chi connectivity index (χ0v) is 27.7. The maximum absolute atomic E-state index is 12.8. The van der Waals surface area contributed by atoms with Crippen molar-refractivity contribution in [2.45, 2.75) is 73.4 Å². The molecule has 0 saturated carbocycles. The molecule has 2 aromatic carbocycles. The fourth-order valence-corrected chi connectivity index (χ4v) is 11.2. The smallest absolute Gasteiger partial charge is 0.246 e. The molecule has 240 valence electrons. The van der Waals surface area contributed by atoms with Crippen molar-refractivity contribution < 1.29 is 59.2 Å². The molecule has 12 nitrogen and oxygen atoms in total. The minimum Gasteiger partial charge on any atom is -0.545 e. The van der Waals surface area contributed by atoms with E-state index in [1.54, 1.807) is 52.1 Å². The molecule has 4 heterocycles. The van der Waals surface area contributed by atoms with Crippen LogP contribution in [-0.2, 0) is 6.42 Å². The molecule has 2 aromatic rings. The van der Waals surface area contributed by atoms with Crippen LogP contribution in [0.25, 0.3) is 0 Å². The Kier molecular flexibility index (Phi) is 7.58. The third-order valence-electron chi connectivity index (χ3n) is 6.85. The molecule has 0 aromatic heterocycles. The van der Waals surface area contributed by atoms with Gasteiger partial charge in [-0.25, -0.2) is 0 Å². The fourth-order valence-electron chi connectivity index (χ4n) is 5.31. The van der Waals surface area contributed by atoms with Gasteiger partial charge < -0.3 is 59.2 Å². The van der Waals surface area contributed by atoms with E-state index in [1.165, 1.54) is 0 Å². The van der Waals surface area contributed by atoms with E-state index in [2.05, 4.69) is 23.7 Å². The number of fused-ring (bicyclic) bond motifs is 4. The van der Waals surface area contributed by atoms with Gasteiger partial charge in [0.1, 0.15) is 24.4 Å². The third-order valence-corrected chi connectivity index (χ3v) is 12.6. The van der Waals surface area contributed by atoms with Gasteiger partial charge in [-0.15, -0.1) is 0 Å². The molecule has 0 amide bonds. The molecule has 0 atom stereocenters. The van der Waals surface area contributed by atoms with Gasteiger partial charge in [-0.05, 0) is 29.2 Å². The van der Waals surface area contributed by atoms with Crippen molar-refractivity contribution in [3.05, 3.63) is 22.3 Å². The number of hydrogen-bond donors (Lipinski definition) is 4. The number of thioether (sulfide) groups is 4. The number of aromatic carboxylic acids is 2. The van der Waals surface area contributed by atoms with Gasteiger partial charge in [-0.1, -0.05) is 47.0 Å². The molecule has 47 heavy (non-hydrogen) atoms. The Morgan fingerprint density at radius 3 is 1.26 bits per heavy atom. The van der Waals surface area contributed by atoms with E-state index in [4.69, 9.17) is 18.9 Å². The van der Waals surface area contributed by atoms with E-state index in [1.807, 2.05) is 0 Å². The third kappa shape index (κ3) is 5.18. The molecule has 0 aliphatic carbocycles. The normalized spacial score (nSPS) is 18.5. The number of carboxylic acids is 2. The number of carboxylic acid groups (broad SMARTS) is 2. The van der Waals surface area contributed by atoms with Gasteiger partial charge in [0.15, 0.2) is 31.2 Å². The Bertz CT molecular complexity index is 1910. The van der Waals surface area contributed by atoms with Gasteiger partial charge in [-0.2, -0.15) is 0 Å². The lowest BCUT2D eigenvalue weighted by molar-refractivity contribution is -0.256. The molecule has 0 bridgehead atoms. The highest BCUT2D eigenvalue weighted by atomic mass is 32.2. The predicted octanol–water partition coefficient (Wildman–Crippen LogP) is 2.14. The summed E-state index contributed by atoms with van der Waals surface area (Å²) in [6.45, 7) is 6.28. The van der Waals surface area contributed by atoms with Crippen LogP contribution in [0.4, 0.5) is 0 Å². The summed E-state index contributed by atoms with van der Waals surface area (Å²) < 4.78 is 21.0. The summed E-state index contributed by atoms with van der Waals surface area (Å²) in [5, 5.41) is 63.4. The number of aliphatic hydroxyl groups excluding tert-OH is 4. The Labute approximate surface area is 283 Å². The van der Waals surface area contributed by atoms with Crippen LogP contribution in [0.3, 0.4) is 0 Å². The second-order valence-corrected chi connectivity index (χ2v) is 16.3. The van der Waals surface area contributed by atoms with Crippen molar-refractivity contribution >= 4 is 59.0 Å². The molecule has 0 unspecified atom stereocenters. The average Bonchev–Trinajstić information content (AvgIpc) is 3.68. The Morgan fingerprint density at radius 2 is 0.915 bits per heavy atom. The largest absolute Gasteiger partial charge is 0.545 e. The maximum Gasteiger partial charge on any atom is 0.246 e. The van der Waals surface area contributed by atoms with Gasteiger partial charge in [0, 0.05) is 64.8 Å². The topological polar surface area (TPSA) is 198 Å². The van der Waals surface area contributed by atoms with Gasteiger partial charge in [0.2, 0.25) is 11.6 Å². The first kappa shape index (κ1) is 32.4. The minimum absolute atomic E-state index is 0.0140. The number of carbonyl (C=O) groups is 2. The van der Waals surface area contributed by atoms with Crippen LogP contribution in [0.15, 0.2) is 19.6 Å². The van der Waals surface area contributed by atoms with Gasteiger partial charge >= 0.3 is 0 Å². The molecule has 4 aliphatic rings. The number of hydrogen-bond acceptors (Lipinski definition) is 16. The standard InChI is InChI=1S/C31H20O12S4/c1-28(2)40-18-14(19-21(43-29(3,4)41-19)16(26(36)37)20(18)42-28)13-15-22-24(46-30(44-22,5-9-32)6-10-33)17(27(38)39)25-23(15)45-31(47-25,7-11-34)8-12-35/h32-35H,13H2,1-4H3,(H,36,37)(H,38,39)/p-2. The zero-order valence-electron chi connectivity index (χ0n) is 24.4. The van der Waals surface area contributed by atoms with Crippen molar-refractivity contribution in [3.8, 4) is 71.1 Å². The quantitative estimate of drug-likeness (QED) is 0.336. The van der Waals surface area contributed by atoms with Crippen molar-refractivity contribution in [2.75, 3.05) is 0 Å². The molecular formula is C31H18O12S4-2. The first-order valence-corrected chi connectivity index (χ1v) is 16.5. The molecule has 6 rings (SSSR count). The number of benzene rings is 2. The highest BCUT2D eigenvalue weighted by molar-refractivity contribution is 8.22. The summed E-state index contributed by atoms with van der Waals surface area (Å²) in [4.78, 5) is 26.0. The van der Waals surface area contributed by atoms with Crippen LogP contribution >= 0.6 is 47.0 Å². The minimum atomic E-state index is -1.60. The molecule has 0 spiro atoms. The fraction of sp³-hybridized carbons (Fsp3) is 0.290. The summed E-state index contributed by atoms with van der Waals surface area (Å²) in [5.74, 6) is 3.94. The van der Waals surface area contributed by atoms with Gasteiger partial charge in [0.05, 0.1) is 17.5 Å². The lowest BCUT2D eigenvalue weighted by atomic mass is 9.98. The predicted molar refractivity (Wildman–Crippen MR) is 163 cm³/mol. The van der Waals surface area contributed by atoms with Crippen LogP contribution in [0.5, 0.6) is 23.0 Å². The SMILES string of the molecule is CC1(C)Oc2c(Cc3c4c(c(C(=O)[O-])c5c3SC(C#CO)(C#CO)S5)SC(C#CO)(C#CO)S4)c3c(c(C(=O)[O-])c2O1)OC(C)(C)O3. The first-order valence-electron chi connectivity index (χ1n) is 13.2. The van der Waals surface area contributed by atoms with Crippen LogP contribution in [-0.4, -0.2) is 52.1 Å². The van der Waals surface area contributed by atoms with E-state index < -0.39 is 37.2 Å². The molecule has 0 saturated heterocycles. The van der Waals surface area contributed by atoms with Crippen LogP contribution in [0, 0.1) is 48.1 Å². The number of rotatable bonds is 4. The maximum atomic E-state index is 12.8. The zero-order chi connectivity index (χ0) is 34.1. The summed E-state index contributed by atoms with van der Waals surface area (Å²) in [6, 6.07) is 0. The molecular weight excluding hydrogens is 693 g/mol.